The van der Waals surface area contributed by atoms with E-state index in [4.69, 9.17) is 0 Å². The molecule has 0 saturated carbocycles. The number of hydrogen-bond acceptors (Lipinski definition) is 2. The van der Waals surface area contributed by atoms with Crippen molar-refractivity contribution in [1.29, 1.82) is 0 Å². The lowest BCUT2D eigenvalue weighted by atomic mass is 9.99. The number of rotatable bonds is 3. The van der Waals surface area contributed by atoms with Crippen molar-refractivity contribution in [2.75, 3.05) is 18.4 Å². The van der Waals surface area contributed by atoms with Crippen molar-refractivity contribution in [3.05, 3.63) is 27.3 Å². The van der Waals surface area contributed by atoms with Crippen LogP contribution in [0.2, 0.25) is 0 Å². The van der Waals surface area contributed by atoms with Gasteiger partial charge in [-0.2, -0.15) is 0 Å². The molecule has 0 unspecified atom stereocenters. The third kappa shape index (κ3) is 2.95. The van der Waals surface area contributed by atoms with Crippen LogP contribution in [0.5, 0.6) is 0 Å². The number of hydrogen-bond donors (Lipinski definition) is 2. The number of nitrogens with one attached hydrogen (secondary N) is 2. The van der Waals surface area contributed by atoms with Crippen LogP contribution in [0.15, 0.2) is 18.2 Å². The highest BCUT2D eigenvalue weighted by molar-refractivity contribution is 14.1. The van der Waals surface area contributed by atoms with E-state index in [1.165, 1.54) is 9.13 Å². The molecule has 1 fully saturated rings. The molecule has 1 saturated heterocycles. The fourth-order valence-electron chi connectivity index (χ4n) is 1.64. The van der Waals surface area contributed by atoms with Crippen molar-refractivity contribution in [3.63, 3.8) is 0 Å². The summed E-state index contributed by atoms with van der Waals surface area (Å²) in [6.07, 6.45) is 0.622. The maximum absolute atomic E-state index is 11.7. The zero-order valence-electron chi connectivity index (χ0n) is 9.22. The molecule has 0 bridgehead atoms. The molecule has 0 atom stereocenters. The van der Waals surface area contributed by atoms with Crippen LogP contribution in [0.25, 0.3) is 0 Å². The fourth-order valence-corrected chi connectivity index (χ4v) is 2.15. The summed E-state index contributed by atoms with van der Waals surface area (Å²) in [6.45, 7) is 4.01. The second-order valence-corrected chi connectivity index (χ2v) is 5.40. The minimum atomic E-state index is 0.117. The maximum Gasteiger partial charge on any atom is 0.224 e. The van der Waals surface area contributed by atoms with Gasteiger partial charge in [-0.3, -0.25) is 4.79 Å². The molecule has 1 aromatic rings. The van der Waals surface area contributed by atoms with Gasteiger partial charge in [-0.15, -0.1) is 0 Å². The van der Waals surface area contributed by atoms with E-state index in [1.807, 2.05) is 18.2 Å². The van der Waals surface area contributed by atoms with Gasteiger partial charge in [0.05, 0.1) is 0 Å². The monoisotopic (exact) mass is 330 g/mol. The molecule has 2 rings (SSSR count). The van der Waals surface area contributed by atoms with Crippen LogP contribution in [-0.4, -0.2) is 19.0 Å². The van der Waals surface area contributed by atoms with E-state index in [2.05, 4.69) is 40.1 Å². The van der Waals surface area contributed by atoms with Gasteiger partial charge in [-0.25, -0.2) is 0 Å². The molecule has 0 aromatic heterocycles. The molecule has 3 nitrogen and oxygen atoms in total. The molecule has 1 aliphatic rings. The molecule has 1 aromatic carbocycles. The number of anilines is 1. The smallest absolute Gasteiger partial charge is 0.224 e. The highest BCUT2D eigenvalue weighted by Crippen LogP contribution is 2.18. The van der Waals surface area contributed by atoms with E-state index in [1.54, 1.807) is 0 Å². The van der Waals surface area contributed by atoms with Crippen molar-refractivity contribution in [1.82, 2.24) is 5.32 Å². The number of carbonyl (C=O) groups is 1. The summed E-state index contributed by atoms with van der Waals surface area (Å²) in [5.74, 6) is 0.635. The highest BCUT2D eigenvalue weighted by Gasteiger charge is 2.19. The van der Waals surface area contributed by atoms with E-state index >= 15 is 0 Å². The lowest BCUT2D eigenvalue weighted by Crippen LogP contribution is -2.43. The van der Waals surface area contributed by atoms with Crippen molar-refractivity contribution in [2.45, 2.75) is 13.3 Å². The number of carbonyl (C=O) groups excluding carboxylic acids is 1. The number of amides is 1. The van der Waals surface area contributed by atoms with Gasteiger partial charge in [0.25, 0.3) is 0 Å². The largest absolute Gasteiger partial charge is 0.326 e. The molecular formula is C12H15IN2O. The Labute approximate surface area is 109 Å². The summed E-state index contributed by atoms with van der Waals surface area (Å²) in [5.41, 5.74) is 2.13. The van der Waals surface area contributed by atoms with Gasteiger partial charge in [0.2, 0.25) is 5.91 Å². The van der Waals surface area contributed by atoms with Crippen LogP contribution < -0.4 is 10.6 Å². The Bertz CT molecular complexity index is 402. The van der Waals surface area contributed by atoms with Gasteiger partial charge >= 0.3 is 0 Å². The maximum atomic E-state index is 11.7. The SMILES string of the molecule is Cc1ccc(NC(=O)CC2CNC2)cc1I. The van der Waals surface area contributed by atoms with Gasteiger partial charge in [-0.1, -0.05) is 6.07 Å². The Kier molecular flexibility index (Phi) is 3.81. The van der Waals surface area contributed by atoms with Gasteiger partial charge in [-0.05, 0) is 66.2 Å². The Hall–Kier alpha value is -0.620. The van der Waals surface area contributed by atoms with Gasteiger partial charge in [0.15, 0.2) is 0 Å². The van der Waals surface area contributed by atoms with E-state index in [0.29, 0.717) is 12.3 Å². The van der Waals surface area contributed by atoms with E-state index in [9.17, 15) is 4.79 Å². The van der Waals surface area contributed by atoms with E-state index in [-0.39, 0.29) is 5.91 Å². The minimum Gasteiger partial charge on any atom is -0.326 e. The first-order valence-corrected chi connectivity index (χ1v) is 6.50. The van der Waals surface area contributed by atoms with Crippen molar-refractivity contribution < 1.29 is 4.79 Å². The second-order valence-electron chi connectivity index (χ2n) is 4.24. The van der Waals surface area contributed by atoms with Gasteiger partial charge in [0.1, 0.15) is 0 Å². The summed E-state index contributed by atoms with van der Waals surface area (Å²) in [4.78, 5) is 11.7. The Morgan fingerprint density at radius 3 is 2.88 bits per heavy atom. The summed E-state index contributed by atoms with van der Waals surface area (Å²) in [5, 5.41) is 6.10. The van der Waals surface area contributed by atoms with Crippen molar-refractivity contribution >= 4 is 34.2 Å². The predicted octanol–water partition coefficient (Wildman–Crippen LogP) is 2.15. The number of halogens is 1. The van der Waals surface area contributed by atoms with Crippen LogP contribution in [0.4, 0.5) is 5.69 Å². The molecule has 0 spiro atoms. The third-order valence-corrected chi connectivity index (χ3v) is 3.96. The Morgan fingerprint density at radius 2 is 2.31 bits per heavy atom. The second kappa shape index (κ2) is 5.14. The standard InChI is InChI=1S/C12H15IN2O/c1-8-2-3-10(5-11(8)13)15-12(16)4-9-6-14-7-9/h2-3,5,9,14H,4,6-7H2,1H3,(H,15,16). The van der Waals surface area contributed by atoms with Crippen molar-refractivity contribution in [2.24, 2.45) is 5.92 Å². The summed E-state index contributed by atoms with van der Waals surface area (Å²) < 4.78 is 1.18. The van der Waals surface area contributed by atoms with Crippen LogP contribution in [-0.2, 0) is 4.79 Å². The average Bonchev–Trinajstić information content (AvgIpc) is 2.18. The predicted molar refractivity (Wildman–Crippen MR) is 73.5 cm³/mol. The molecule has 0 radical (unpaired) electrons. The van der Waals surface area contributed by atoms with Gasteiger partial charge in [0, 0.05) is 15.7 Å². The molecule has 2 N–H and O–H groups in total. The molecule has 1 heterocycles. The highest BCUT2D eigenvalue weighted by atomic mass is 127. The molecular weight excluding hydrogens is 315 g/mol. The molecule has 16 heavy (non-hydrogen) atoms. The van der Waals surface area contributed by atoms with E-state index < -0.39 is 0 Å². The number of aryl methyl sites for hydroxylation is 1. The molecule has 86 valence electrons. The summed E-state index contributed by atoms with van der Waals surface area (Å²) in [7, 11) is 0. The minimum absolute atomic E-state index is 0.117. The van der Waals surface area contributed by atoms with Crippen LogP contribution in [0, 0.1) is 16.4 Å². The molecule has 1 amide bonds. The van der Waals surface area contributed by atoms with Crippen LogP contribution in [0.1, 0.15) is 12.0 Å². The zero-order valence-corrected chi connectivity index (χ0v) is 11.4. The quantitative estimate of drug-likeness (QED) is 0.834. The summed E-state index contributed by atoms with van der Waals surface area (Å²) in [6, 6.07) is 5.99. The lowest BCUT2D eigenvalue weighted by Gasteiger charge is -2.26. The first kappa shape index (κ1) is 11.9. The lowest BCUT2D eigenvalue weighted by molar-refractivity contribution is -0.117. The zero-order chi connectivity index (χ0) is 11.5. The number of benzene rings is 1. The average molecular weight is 330 g/mol. The van der Waals surface area contributed by atoms with E-state index in [0.717, 1.165) is 18.8 Å². The normalized spacial score (nSPS) is 15.6. The topological polar surface area (TPSA) is 41.1 Å². The Balaban J connectivity index is 1.92. The molecule has 0 aliphatic carbocycles. The Morgan fingerprint density at radius 1 is 1.56 bits per heavy atom. The first-order chi connectivity index (χ1) is 7.65. The van der Waals surface area contributed by atoms with Gasteiger partial charge < -0.3 is 10.6 Å². The first-order valence-electron chi connectivity index (χ1n) is 5.42. The van der Waals surface area contributed by atoms with Crippen molar-refractivity contribution in [3.8, 4) is 0 Å². The fraction of sp³-hybridized carbons (Fsp3) is 0.417. The molecule has 1 aliphatic heterocycles. The molecule has 4 heteroatoms. The summed E-state index contributed by atoms with van der Waals surface area (Å²) >= 11 is 2.28. The van der Waals surface area contributed by atoms with Crippen LogP contribution >= 0.6 is 22.6 Å². The van der Waals surface area contributed by atoms with Crippen LogP contribution in [0.3, 0.4) is 0 Å². The third-order valence-electron chi connectivity index (χ3n) is 2.80.